The van der Waals surface area contributed by atoms with Crippen molar-refractivity contribution in [1.82, 2.24) is 9.99 Å². The minimum Gasteiger partial charge on any atom is -0.465 e. The highest BCUT2D eigenvalue weighted by molar-refractivity contribution is 7.52. The standard InChI is InChI=1S/C25H28N5O10P/c1-3-37-24(35)15(2)27-41(36,40-19-10-6-8-16-7-4-5-9-18(16)19)38-14-25(28-29-26)22(34)21(33)23(39-25)30-12-11-17(31)13-20(30)32/h4-12,15,21-23,33-34H,3,13-14H2,1-2H3,(H,27,36)/t15-,21+,22-,23+,25+,41?/m0/s1. The van der Waals surface area contributed by atoms with E-state index in [1.165, 1.54) is 13.0 Å². The van der Waals surface area contributed by atoms with Crippen molar-refractivity contribution in [2.24, 2.45) is 5.11 Å². The predicted octanol–water partition coefficient (Wildman–Crippen LogP) is 2.28. The molecule has 15 nitrogen and oxygen atoms in total. The van der Waals surface area contributed by atoms with E-state index in [2.05, 4.69) is 15.1 Å². The molecule has 0 aliphatic carbocycles. The van der Waals surface area contributed by atoms with Gasteiger partial charge in [-0.05, 0) is 36.9 Å². The Balaban J connectivity index is 1.65. The second-order valence-electron chi connectivity index (χ2n) is 9.18. The summed E-state index contributed by atoms with van der Waals surface area (Å²) in [6.45, 7) is 2.05. The number of rotatable bonds is 11. The average molecular weight is 589 g/mol. The number of nitrogens with one attached hydrogen (secondary N) is 1. The van der Waals surface area contributed by atoms with Crippen LogP contribution < -0.4 is 9.61 Å². The number of hydrogen-bond donors (Lipinski definition) is 3. The Kier molecular flexibility index (Phi) is 9.10. The second kappa shape index (κ2) is 12.4. The van der Waals surface area contributed by atoms with Gasteiger partial charge in [-0.1, -0.05) is 41.5 Å². The van der Waals surface area contributed by atoms with E-state index >= 15 is 0 Å². The van der Waals surface area contributed by atoms with Crippen LogP contribution in [0.1, 0.15) is 20.3 Å². The molecule has 2 aromatic carbocycles. The number of benzene rings is 2. The molecule has 1 fully saturated rings. The Morgan fingerprint density at radius 1 is 1.29 bits per heavy atom. The van der Waals surface area contributed by atoms with Crippen LogP contribution in [0, 0.1) is 0 Å². The van der Waals surface area contributed by atoms with Crippen molar-refractivity contribution in [3.63, 3.8) is 0 Å². The second-order valence-corrected chi connectivity index (χ2v) is 10.9. The number of allylic oxidation sites excluding steroid dienone is 1. The zero-order chi connectivity index (χ0) is 29.8. The molecule has 0 aromatic heterocycles. The minimum atomic E-state index is -4.56. The van der Waals surface area contributed by atoms with Gasteiger partial charge in [0, 0.05) is 16.5 Å². The van der Waals surface area contributed by atoms with Crippen LogP contribution in [0.25, 0.3) is 21.2 Å². The highest BCUT2D eigenvalue weighted by Crippen LogP contribution is 2.49. The normalized spacial score (nSPS) is 26.3. The summed E-state index contributed by atoms with van der Waals surface area (Å²) in [6.07, 6.45) is -3.74. The fourth-order valence-corrected chi connectivity index (χ4v) is 5.83. The lowest BCUT2D eigenvalue weighted by molar-refractivity contribution is -0.159. The van der Waals surface area contributed by atoms with Gasteiger partial charge >= 0.3 is 13.7 Å². The van der Waals surface area contributed by atoms with Crippen molar-refractivity contribution < 1.29 is 47.7 Å². The predicted molar refractivity (Wildman–Crippen MR) is 142 cm³/mol. The van der Waals surface area contributed by atoms with Crippen molar-refractivity contribution in [1.29, 1.82) is 0 Å². The van der Waals surface area contributed by atoms with Crippen molar-refractivity contribution in [3.8, 4) is 5.75 Å². The molecule has 16 heteroatoms. The molecule has 2 aromatic rings. The number of amides is 1. The van der Waals surface area contributed by atoms with E-state index in [1.807, 2.05) is 0 Å². The molecule has 1 saturated heterocycles. The maximum absolute atomic E-state index is 14.1. The molecule has 2 heterocycles. The van der Waals surface area contributed by atoms with Gasteiger partial charge in [-0.2, -0.15) is 5.09 Å². The first-order chi connectivity index (χ1) is 19.5. The van der Waals surface area contributed by atoms with Crippen molar-refractivity contribution in [2.75, 3.05) is 13.2 Å². The number of fused-ring (bicyclic) bond motifs is 1. The van der Waals surface area contributed by atoms with Gasteiger partial charge < -0.3 is 24.2 Å². The Bertz CT molecular complexity index is 1460. The lowest BCUT2D eigenvalue weighted by Gasteiger charge is -2.31. The van der Waals surface area contributed by atoms with Crippen LogP contribution >= 0.6 is 7.75 Å². The number of aliphatic hydroxyl groups excluding tert-OH is 2. The molecule has 1 unspecified atom stereocenters. The molecule has 0 saturated carbocycles. The van der Waals surface area contributed by atoms with Crippen molar-refractivity contribution in [2.45, 2.75) is 50.5 Å². The molecule has 2 aliphatic rings. The van der Waals surface area contributed by atoms with Crippen LogP contribution in [0.3, 0.4) is 0 Å². The molecule has 4 rings (SSSR count). The number of ketones is 1. The molecule has 1 amide bonds. The summed E-state index contributed by atoms with van der Waals surface area (Å²) < 4.78 is 36.1. The summed E-state index contributed by atoms with van der Waals surface area (Å²) in [5.74, 6) is -1.86. The molecule has 218 valence electrons. The van der Waals surface area contributed by atoms with Gasteiger partial charge in [0.05, 0.1) is 19.6 Å². The van der Waals surface area contributed by atoms with Crippen LogP contribution in [-0.2, 0) is 32.9 Å². The van der Waals surface area contributed by atoms with Gasteiger partial charge in [0.2, 0.25) is 11.6 Å². The number of ether oxygens (including phenoxy) is 2. The number of hydrogen-bond acceptors (Lipinski definition) is 11. The van der Waals surface area contributed by atoms with Crippen LogP contribution in [0.5, 0.6) is 5.75 Å². The van der Waals surface area contributed by atoms with Gasteiger partial charge in [0.15, 0.2) is 12.0 Å². The third-order valence-electron chi connectivity index (χ3n) is 6.33. The van der Waals surface area contributed by atoms with E-state index < -0.39 is 68.6 Å². The van der Waals surface area contributed by atoms with E-state index in [1.54, 1.807) is 43.3 Å². The number of aliphatic hydroxyl groups is 2. The quantitative estimate of drug-likeness (QED) is 0.0864. The molecule has 41 heavy (non-hydrogen) atoms. The molecule has 2 aliphatic heterocycles. The molecule has 6 atom stereocenters. The lowest BCUT2D eigenvalue weighted by Crippen LogP contribution is -2.46. The number of carbonyl (C=O) groups excluding carboxylic acids is 3. The number of carbonyl (C=O) groups is 3. The number of nitrogens with zero attached hydrogens (tertiary/aromatic N) is 4. The maximum atomic E-state index is 14.1. The molecular formula is C25H28N5O10P. The van der Waals surface area contributed by atoms with Gasteiger partial charge in [-0.3, -0.25) is 23.8 Å². The monoisotopic (exact) mass is 589 g/mol. The highest BCUT2D eigenvalue weighted by Gasteiger charge is 2.58. The van der Waals surface area contributed by atoms with Gasteiger partial charge in [-0.15, -0.1) is 0 Å². The first-order valence-corrected chi connectivity index (χ1v) is 14.1. The van der Waals surface area contributed by atoms with E-state index in [-0.39, 0.29) is 12.4 Å². The van der Waals surface area contributed by atoms with E-state index in [0.717, 1.165) is 22.6 Å². The topological polar surface area (TPSA) is 210 Å². The van der Waals surface area contributed by atoms with Gasteiger partial charge in [0.1, 0.15) is 24.0 Å². The summed E-state index contributed by atoms with van der Waals surface area (Å²) in [4.78, 5) is 39.9. The minimum absolute atomic E-state index is 0.0504. The highest BCUT2D eigenvalue weighted by atomic mass is 31.2. The molecule has 0 bridgehead atoms. The summed E-state index contributed by atoms with van der Waals surface area (Å²) in [5.41, 5.74) is 6.85. The fraction of sp³-hybridized carbons (Fsp3) is 0.400. The fourth-order valence-electron chi connectivity index (χ4n) is 4.30. The first-order valence-electron chi connectivity index (χ1n) is 12.5. The Labute approximate surface area is 233 Å². The van der Waals surface area contributed by atoms with Crippen LogP contribution in [0.4, 0.5) is 0 Å². The van der Waals surface area contributed by atoms with Crippen molar-refractivity contribution in [3.05, 3.63) is 65.2 Å². The molecule has 0 radical (unpaired) electrons. The maximum Gasteiger partial charge on any atom is 0.459 e. The summed E-state index contributed by atoms with van der Waals surface area (Å²) >= 11 is 0. The average Bonchev–Trinajstić information content (AvgIpc) is 3.18. The SMILES string of the molecule is CCOC(=O)[C@H](C)NP(=O)(OC[C@@]1(N=[N+]=[N-])O[C@@H](N2C=CC(=O)CC2=O)[C@H](O)[C@@H]1O)Oc1cccc2ccccc12. The first kappa shape index (κ1) is 30.2. The summed E-state index contributed by atoms with van der Waals surface area (Å²) in [5, 5.41) is 28.8. The third kappa shape index (κ3) is 6.42. The van der Waals surface area contributed by atoms with Crippen LogP contribution in [-0.4, -0.2) is 76.2 Å². The Morgan fingerprint density at radius 3 is 2.73 bits per heavy atom. The molecule has 3 N–H and O–H groups in total. The summed E-state index contributed by atoms with van der Waals surface area (Å²) in [6, 6.07) is 10.8. The lowest BCUT2D eigenvalue weighted by atomic mass is 10.1. The van der Waals surface area contributed by atoms with Crippen LogP contribution in [0.15, 0.2) is 59.9 Å². The zero-order valence-electron chi connectivity index (χ0n) is 22.0. The summed E-state index contributed by atoms with van der Waals surface area (Å²) in [7, 11) is -4.56. The zero-order valence-corrected chi connectivity index (χ0v) is 22.9. The largest absolute Gasteiger partial charge is 0.465 e. The van der Waals surface area contributed by atoms with Gasteiger partial charge in [0.25, 0.3) is 0 Å². The number of esters is 1. The van der Waals surface area contributed by atoms with E-state index in [9.17, 15) is 34.7 Å². The Hall–Kier alpha value is -3.81. The van der Waals surface area contributed by atoms with Crippen LogP contribution in [0.2, 0.25) is 0 Å². The number of azide groups is 1. The molecular weight excluding hydrogens is 561 g/mol. The van der Waals surface area contributed by atoms with Gasteiger partial charge in [-0.25, -0.2) is 4.57 Å². The van der Waals surface area contributed by atoms with E-state index in [4.69, 9.17) is 18.5 Å². The van der Waals surface area contributed by atoms with Crippen molar-refractivity contribution >= 4 is 36.2 Å². The molecule has 0 spiro atoms. The van der Waals surface area contributed by atoms with E-state index in [0.29, 0.717) is 5.39 Å². The Morgan fingerprint density at radius 2 is 2.02 bits per heavy atom. The third-order valence-corrected chi connectivity index (χ3v) is 7.94. The smallest absolute Gasteiger partial charge is 0.459 e.